The third-order valence-corrected chi connectivity index (χ3v) is 5.53. The van der Waals surface area contributed by atoms with Crippen molar-refractivity contribution in [2.24, 2.45) is 11.3 Å². The Bertz CT molecular complexity index is 724. The Balaban J connectivity index is 1.90. The lowest BCUT2D eigenvalue weighted by atomic mass is 9.72. The second kappa shape index (κ2) is 6.43. The lowest BCUT2D eigenvalue weighted by Crippen LogP contribution is -2.65. The average molecular weight is 342 g/mol. The van der Waals surface area contributed by atoms with Crippen LogP contribution in [0.4, 0.5) is 4.79 Å². The Kier molecular flexibility index (Phi) is 4.45. The maximum absolute atomic E-state index is 13.1. The van der Waals surface area contributed by atoms with E-state index in [9.17, 15) is 19.2 Å². The lowest BCUT2D eigenvalue weighted by Gasteiger charge is -2.43. The van der Waals surface area contributed by atoms with Gasteiger partial charge in [-0.3, -0.25) is 24.2 Å². The molecule has 6 nitrogen and oxygen atoms in total. The first kappa shape index (κ1) is 17.3. The van der Waals surface area contributed by atoms with Crippen molar-refractivity contribution in [2.45, 2.75) is 32.6 Å². The molecule has 0 bridgehead atoms. The van der Waals surface area contributed by atoms with Crippen LogP contribution in [0.25, 0.3) is 0 Å². The van der Waals surface area contributed by atoms with Crippen LogP contribution < -0.4 is 0 Å². The van der Waals surface area contributed by atoms with Crippen LogP contribution >= 0.6 is 0 Å². The summed E-state index contributed by atoms with van der Waals surface area (Å²) in [6.45, 7) is 1.28. The van der Waals surface area contributed by atoms with E-state index in [0.29, 0.717) is 5.56 Å². The molecule has 1 saturated carbocycles. The highest BCUT2D eigenvalue weighted by Crippen LogP contribution is 2.44. The summed E-state index contributed by atoms with van der Waals surface area (Å²) in [6, 6.07) is 7.81. The summed E-state index contributed by atoms with van der Waals surface area (Å²) in [5, 5.41) is 0. The number of ketones is 1. The molecule has 0 N–H and O–H groups in total. The maximum atomic E-state index is 13.1. The first-order valence-electron chi connectivity index (χ1n) is 8.59. The minimum absolute atomic E-state index is 0.0858. The monoisotopic (exact) mass is 342 g/mol. The van der Waals surface area contributed by atoms with Gasteiger partial charge < -0.3 is 0 Å². The van der Waals surface area contributed by atoms with Crippen molar-refractivity contribution in [3.8, 4) is 0 Å². The predicted molar refractivity (Wildman–Crippen MR) is 90.7 cm³/mol. The number of hydrogen-bond acceptors (Lipinski definition) is 4. The largest absolute Gasteiger partial charge is 0.333 e. The zero-order valence-electron chi connectivity index (χ0n) is 14.5. The van der Waals surface area contributed by atoms with E-state index in [0.717, 1.165) is 35.5 Å². The fraction of sp³-hybridized carbons (Fsp3) is 0.474. The van der Waals surface area contributed by atoms with E-state index < -0.39 is 23.3 Å². The number of urea groups is 1. The lowest BCUT2D eigenvalue weighted by molar-refractivity contribution is -0.160. The number of barbiturate groups is 1. The standard InChI is InChI=1S/C19H22N2O4/c1-19(14-10-6-7-11-14)16(23)20(2)18(25)21(17(19)24)12-15(22)13-8-4-3-5-9-13/h3-5,8-9,14H,6-7,10-12H2,1-2H3. The highest BCUT2D eigenvalue weighted by atomic mass is 16.2. The number of carbonyl (C=O) groups is 4. The number of benzene rings is 1. The number of Topliss-reactive ketones (excluding diaryl/α,β-unsaturated/α-hetero) is 1. The average Bonchev–Trinajstić information content (AvgIpc) is 3.17. The number of imide groups is 2. The third kappa shape index (κ3) is 2.75. The molecule has 1 heterocycles. The summed E-state index contributed by atoms with van der Waals surface area (Å²) >= 11 is 0. The molecule has 132 valence electrons. The molecule has 1 atom stereocenters. The molecule has 4 amide bonds. The van der Waals surface area contributed by atoms with Gasteiger partial charge in [-0.05, 0) is 25.7 Å². The van der Waals surface area contributed by atoms with Crippen molar-refractivity contribution in [2.75, 3.05) is 13.6 Å². The fourth-order valence-electron chi connectivity index (χ4n) is 3.93. The molecule has 2 aliphatic rings. The molecule has 6 heteroatoms. The summed E-state index contributed by atoms with van der Waals surface area (Å²) in [7, 11) is 1.38. The zero-order valence-corrected chi connectivity index (χ0v) is 14.5. The molecule has 2 fully saturated rings. The molecule has 1 aliphatic carbocycles. The summed E-state index contributed by atoms with van der Waals surface area (Å²) in [4.78, 5) is 52.7. The van der Waals surface area contributed by atoms with Gasteiger partial charge in [0, 0.05) is 12.6 Å². The van der Waals surface area contributed by atoms with E-state index >= 15 is 0 Å². The smallest absolute Gasteiger partial charge is 0.292 e. The summed E-state index contributed by atoms with van der Waals surface area (Å²) < 4.78 is 0. The van der Waals surface area contributed by atoms with Crippen molar-refractivity contribution in [3.05, 3.63) is 35.9 Å². The minimum Gasteiger partial charge on any atom is -0.292 e. The first-order valence-corrected chi connectivity index (χ1v) is 8.59. The van der Waals surface area contributed by atoms with Crippen molar-refractivity contribution in [1.82, 2.24) is 9.80 Å². The quantitative estimate of drug-likeness (QED) is 0.622. The molecule has 1 aromatic rings. The number of carbonyl (C=O) groups excluding carboxylic acids is 4. The van der Waals surface area contributed by atoms with E-state index in [1.165, 1.54) is 7.05 Å². The van der Waals surface area contributed by atoms with E-state index in [4.69, 9.17) is 0 Å². The van der Waals surface area contributed by atoms with Gasteiger partial charge in [-0.15, -0.1) is 0 Å². The summed E-state index contributed by atoms with van der Waals surface area (Å²) in [5.74, 6) is -1.41. The van der Waals surface area contributed by atoms with Crippen LogP contribution in [-0.4, -0.2) is 47.0 Å². The highest BCUT2D eigenvalue weighted by molar-refractivity contribution is 6.20. The Hall–Kier alpha value is -2.50. The summed E-state index contributed by atoms with van der Waals surface area (Å²) in [6.07, 6.45) is 3.52. The minimum atomic E-state index is -1.27. The van der Waals surface area contributed by atoms with E-state index in [-0.39, 0.29) is 18.2 Å². The van der Waals surface area contributed by atoms with Gasteiger partial charge in [0.25, 0.3) is 0 Å². The van der Waals surface area contributed by atoms with Crippen LogP contribution in [0.5, 0.6) is 0 Å². The highest BCUT2D eigenvalue weighted by Gasteiger charge is 2.57. The molecule has 25 heavy (non-hydrogen) atoms. The molecule has 3 rings (SSSR count). The topological polar surface area (TPSA) is 74.8 Å². The van der Waals surface area contributed by atoms with Gasteiger partial charge >= 0.3 is 6.03 Å². The normalized spacial score (nSPS) is 25.0. The Morgan fingerprint density at radius 2 is 1.68 bits per heavy atom. The van der Waals surface area contributed by atoms with Crippen LogP contribution in [0.15, 0.2) is 30.3 Å². The Morgan fingerprint density at radius 1 is 1.08 bits per heavy atom. The van der Waals surface area contributed by atoms with E-state index in [1.54, 1.807) is 37.3 Å². The van der Waals surface area contributed by atoms with Crippen LogP contribution in [-0.2, 0) is 9.59 Å². The number of rotatable bonds is 4. The molecule has 0 radical (unpaired) electrons. The van der Waals surface area contributed by atoms with Crippen molar-refractivity contribution in [1.29, 1.82) is 0 Å². The van der Waals surface area contributed by atoms with Gasteiger partial charge in [-0.2, -0.15) is 0 Å². The van der Waals surface area contributed by atoms with Gasteiger partial charge in [0.1, 0.15) is 5.41 Å². The van der Waals surface area contributed by atoms with Crippen LogP contribution in [0.1, 0.15) is 43.0 Å². The third-order valence-electron chi connectivity index (χ3n) is 5.53. The van der Waals surface area contributed by atoms with Gasteiger partial charge in [0.15, 0.2) is 5.78 Å². The summed E-state index contributed by atoms with van der Waals surface area (Å²) in [5.41, 5.74) is -0.832. The molecule has 1 unspecified atom stereocenters. The molecular weight excluding hydrogens is 320 g/mol. The van der Waals surface area contributed by atoms with Crippen LogP contribution in [0, 0.1) is 11.3 Å². The van der Waals surface area contributed by atoms with Gasteiger partial charge in [-0.1, -0.05) is 43.2 Å². The second-order valence-corrected chi connectivity index (χ2v) is 7.01. The van der Waals surface area contributed by atoms with Crippen molar-refractivity contribution in [3.63, 3.8) is 0 Å². The zero-order chi connectivity index (χ0) is 18.2. The number of amides is 4. The molecule has 1 aliphatic heterocycles. The number of hydrogen-bond donors (Lipinski definition) is 0. The number of nitrogens with zero attached hydrogens (tertiary/aromatic N) is 2. The Labute approximate surface area is 146 Å². The van der Waals surface area contributed by atoms with Crippen LogP contribution in [0.3, 0.4) is 0 Å². The van der Waals surface area contributed by atoms with Crippen molar-refractivity contribution >= 4 is 23.6 Å². The molecule has 0 aromatic heterocycles. The SMILES string of the molecule is CN1C(=O)N(CC(=O)c2ccccc2)C(=O)C(C)(C2CCCC2)C1=O. The molecule has 1 saturated heterocycles. The molecule has 1 aromatic carbocycles. The first-order chi connectivity index (χ1) is 11.9. The predicted octanol–water partition coefficient (Wildman–Crippen LogP) is 2.49. The fourth-order valence-corrected chi connectivity index (χ4v) is 3.93. The van der Waals surface area contributed by atoms with E-state index in [1.807, 2.05) is 0 Å². The second-order valence-electron chi connectivity index (χ2n) is 7.01. The van der Waals surface area contributed by atoms with Gasteiger partial charge in [0.2, 0.25) is 11.8 Å². The van der Waals surface area contributed by atoms with Gasteiger partial charge in [0.05, 0.1) is 6.54 Å². The Morgan fingerprint density at radius 3 is 2.28 bits per heavy atom. The van der Waals surface area contributed by atoms with Crippen molar-refractivity contribution < 1.29 is 19.2 Å². The molecular formula is C19H22N2O4. The van der Waals surface area contributed by atoms with Crippen LogP contribution in [0.2, 0.25) is 0 Å². The van der Waals surface area contributed by atoms with E-state index in [2.05, 4.69) is 0 Å². The molecule has 0 spiro atoms. The van der Waals surface area contributed by atoms with Gasteiger partial charge in [-0.25, -0.2) is 4.79 Å². The maximum Gasteiger partial charge on any atom is 0.333 e.